The number of carboxylic acid groups (broad SMARTS) is 1. The fourth-order valence-corrected chi connectivity index (χ4v) is 2.27. The first kappa shape index (κ1) is 14.8. The zero-order valence-corrected chi connectivity index (χ0v) is 11.5. The minimum absolute atomic E-state index is 0.00327. The molecule has 20 heavy (non-hydrogen) atoms. The standard InChI is InChI=1S/C15H21NO4/c17-15(18)16-8-14-7-6-13(11-20-14)10-19-9-12-4-2-1-3-5-12/h1-5,13-14,16H,6-11H2,(H,17,18)/t13-,14?/m0/s1. The highest BCUT2D eigenvalue weighted by Gasteiger charge is 2.22. The molecule has 2 atom stereocenters. The van der Waals surface area contributed by atoms with E-state index in [-0.39, 0.29) is 6.10 Å². The summed E-state index contributed by atoms with van der Waals surface area (Å²) in [5, 5.41) is 10.9. The fourth-order valence-electron chi connectivity index (χ4n) is 2.27. The summed E-state index contributed by atoms with van der Waals surface area (Å²) in [6, 6.07) is 10.1. The molecule has 5 heteroatoms. The van der Waals surface area contributed by atoms with E-state index in [2.05, 4.69) is 5.32 Å². The van der Waals surface area contributed by atoms with Crippen molar-refractivity contribution in [2.24, 2.45) is 5.92 Å². The van der Waals surface area contributed by atoms with Crippen molar-refractivity contribution < 1.29 is 19.4 Å². The van der Waals surface area contributed by atoms with Gasteiger partial charge in [-0.25, -0.2) is 4.79 Å². The number of carbonyl (C=O) groups is 1. The summed E-state index contributed by atoms with van der Waals surface area (Å²) in [5.74, 6) is 0.403. The van der Waals surface area contributed by atoms with Gasteiger partial charge in [-0.15, -0.1) is 0 Å². The van der Waals surface area contributed by atoms with E-state index in [0.717, 1.165) is 12.8 Å². The lowest BCUT2D eigenvalue weighted by molar-refractivity contribution is -0.0427. The maximum absolute atomic E-state index is 10.4. The maximum Gasteiger partial charge on any atom is 0.404 e. The van der Waals surface area contributed by atoms with E-state index in [1.807, 2.05) is 30.3 Å². The van der Waals surface area contributed by atoms with Gasteiger partial charge in [0.25, 0.3) is 0 Å². The molecular formula is C15H21NO4. The van der Waals surface area contributed by atoms with Crippen molar-refractivity contribution in [3.05, 3.63) is 35.9 Å². The molecule has 0 aliphatic carbocycles. The Hall–Kier alpha value is -1.59. The van der Waals surface area contributed by atoms with Crippen LogP contribution in [0.2, 0.25) is 0 Å². The van der Waals surface area contributed by atoms with Gasteiger partial charge in [0.2, 0.25) is 0 Å². The first-order valence-electron chi connectivity index (χ1n) is 6.94. The molecule has 110 valence electrons. The molecular weight excluding hydrogens is 258 g/mol. The number of ether oxygens (including phenoxy) is 2. The zero-order chi connectivity index (χ0) is 14.2. The smallest absolute Gasteiger partial charge is 0.404 e. The Balaban J connectivity index is 1.59. The summed E-state index contributed by atoms with van der Waals surface area (Å²) in [7, 11) is 0. The predicted octanol–water partition coefficient (Wildman–Crippen LogP) is 2.27. The molecule has 2 rings (SSSR count). The van der Waals surface area contributed by atoms with Gasteiger partial charge in [0.15, 0.2) is 0 Å². The highest BCUT2D eigenvalue weighted by Crippen LogP contribution is 2.19. The Kier molecular flexibility index (Phi) is 5.83. The molecule has 1 heterocycles. The average molecular weight is 279 g/mol. The average Bonchev–Trinajstić information content (AvgIpc) is 2.47. The molecule has 0 bridgehead atoms. The van der Waals surface area contributed by atoms with Gasteiger partial charge in [0.05, 0.1) is 25.9 Å². The Morgan fingerprint density at radius 3 is 2.80 bits per heavy atom. The Morgan fingerprint density at radius 2 is 2.15 bits per heavy atom. The van der Waals surface area contributed by atoms with Crippen molar-refractivity contribution in [2.75, 3.05) is 19.8 Å². The largest absolute Gasteiger partial charge is 0.465 e. The van der Waals surface area contributed by atoms with E-state index in [4.69, 9.17) is 14.6 Å². The Bertz CT molecular complexity index is 402. The van der Waals surface area contributed by atoms with Gasteiger partial charge in [-0.05, 0) is 18.4 Å². The molecule has 0 spiro atoms. The topological polar surface area (TPSA) is 67.8 Å². The van der Waals surface area contributed by atoms with Crippen molar-refractivity contribution in [1.82, 2.24) is 5.32 Å². The van der Waals surface area contributed by atoms with Crippen LogP contribution in [0.4, 0.5) is 4.79 Å². The van der Waals surface area contributed by atoms with E-state index in [1.165, 1.54) is 5.56 Å². The van der Waals surface area contributed by atoms with Crippen molar-refractivity contribution in [3.8, 4) is 0 Å². The van der Waals surface area contributed by atoms with Gasteiger partial charge in [-0.2, -0.15) is 0 Å². The van der Waals surface area contributed by atoms with Crippen LogP contribution in [0.15, 0.2) is 30.3 Å². The molecule has 1 fully saturated rings. The number of benzene rings is 1. The Morgan fingerprint density at radius 1 is 1.35 bits per heavy atom. The normalized spacial score (nSPS) is 22.4. The lowest BCUT2D eigenvalue weighted by Gasteiger charge is -2.28. The van der Waals surface area contributed by atoms with E-state index < -0.39 is 6.09 Å². The SMILES string of the molecule is O=C(O)NCC1CC[C@@H](COCc2ccccc2)CO1. The quantitative estimate of drug-likeness (QED) is 0.838. The highest BCUT2D eigenvalue weighted by molar-refractivity contribution is 5.64. The third kappa shape index (κ3) is 5.19. The van der Waals surface area contributed by atoms with E-state index in [0.29, 0.717) is 32.3 Å². The lowest BCUT2D eigenvalue weighted by atomic mass is 9.99. The number of hydrogen-bond acceptors (Lipinski definition) is 3. The second kappa shape index (κ2) is 7.87. The van der Waals surface area contributed by atoms with Gasteiger partial charge in [0.1, 0.15) is 0 Å². The fraction of sp³-hybridized carbons (Fsp3) is 0.533. The zero-order valence-electron chi connectivity index (χ0n) is 11.5. The van der Waals surface area contributed by atoms with Crippen molar-refractivity contribution >= 4 is 6.09 Å². The number of rotatable bonds is 6. The van der Waals surface area contributed by atoms with Crippen molar-refractivity contribution in [1.29, 1.82) is 0 Å². The summed E-state index contributed by atoms with van der Waals surface area (Å²) in [6.07, 6.45) is 0.888. The van der Waals surface area contributed by atoms with E-state index in [9.17, 15) is 4.79 Å². The van der Waals surface area contributed by atoms with Crippen molar-refractivity contribution in [2.45, 2.75) is 25.6 Å². The van der Waals surface area contributed by atoms with Crippen LogP contribution in [0.25, 0.3) is 0 Å². The third-order valence-electron chi connectivity index (χ3n) is 3.41. The van der Waals surface area contributed by atoms with Crippen LogP contribution in [0.1, 0.15) is 18.4 Å². The molecule has 1 aromatic carbocycles. The highest BCUT2D eigenvalue weighted by atomic mass is 16.5. The molecule has 1 aliphatic rings. The molecule has 0 aromatic heterocycles. The second-order valence-corrected chi connectivity index (χ2v) is 5.09. The molecule has 1 aromatic rings. The van der Waals surface area contributed by atoms with Crippen LogP contribution in [0.3, 0.4) is 0 Å². The van der Waals surface area contributed by atoms with Crippen LogP contribution >= 0.6 is 0 Å². The molecule has 1 saturated heterocycles. The summed E-state index contributed by atoms with van der Waals surface area (Å²) in [5.41, 5.74) is 1.17. The van der Waals surface area contributed by atoms with Crippen LogP contribution in [0.5, 0.6) is 0 Å². The predicted molar refractivity (Wildman–Crippen MR) is 74.6 cm³/mol. The molecule has 1 amide bonds. The minimum atomic E-state index is -0.998. The Labute approximate surface area is 118 Å². The molecule has 5 nitrogen and oxygen atoms in total. The van der Waals surface area contributed by atoms with Crippen LogP contribution in [-0.4, -0.2) is 37.1 Å². The third-order valence-corrected chi connectivity index (χ3v) is 3.41. The van der Waals surface area contributed by atoms with Gasteiger partial charge in [0, 0.05) is 12.5 Å². The van der Waals surface area contributed by atoms with Crippen LogP contribution in [-0.2, 0) is 16.1 Å². The molecule has 2 N–H and O–H groups in total. The summed E-state index contributed by atoms with van der Waals surface area (Å²) < 4.78 is 11.3. The first-order chi connectivity index (χ1) is 9.74. The van der Waals surface area contributed by atoms with Crippen LogP contribution in [0, 0.1) is 5.92 Å². The van der Waals surface area contributed by atoms with Gasteiger partial charge < -0.3 is 19.9 Å². The first-order valence-corrected chi connectivity index (χ1v) is 6.94. The van der Waals surface area contributed by atoms with E-state index in [1.54, 1.807) is 0 Å². The maximum atomic E-state index is 10.4. The van der Waals surface area contributed by atoms with Gasteiger partial charge >= 0.3 is 6.09 Å². The summed E-state index contributed by atoms with van der Waals surface area (Å²) in [4.78, 5) is 10.4. The van der Waals surface area contributed by atoms with E-state index >= 15 is 0 Å². The summed E-state index contributed by atoms with van der Waals surface area (Å²) >= 11 is 0. The lowest BCUT2D eigenvalue weighted by Crippen LogP contribution is -2.37. The monoisotopic (exact) mass is 279 g/mol. The molecule has 0 saturated carbocycles. The number of amides is 1. The molecule has 1 unspecified atom stereocenters. The second-order valence-electron chi connectivity index (χ2n) is 5.09. The molecule has 1 aliphatic heterocycles. The van der Waals surface area contributed by atoms with Gasteiger partial charge in [-0.3, -0.25) is 0 Å². The minimum Gasteiger partial charge on any atom is -0.465 e. The molecule has 0 radical (unpaired) electrons. The summed E-state index contributed by atoms with van der Waals surface area (Å²) in [6.45, 7) is 2.32. The number of hydrogen-bond donors (Lipinski definition) is 2. The number of nitrogens with one attached hydrogen (secondary N) is 1. The van der Waals surface area contributed by atoms with Crippen molar-refractivity contribution in [3.63, 3.8) is 0 Å². The van der Waals surface area contributed by atoms with Gasteiger partial charge in [-0.1, -0.05) is 30.3 Å². The van der Waals surface area contributed by atoms with Crippen LogP contribution < -0.4 is 5.32 Å².